The number of nitrogens with zero attached hydrogens (tertiary/aromatic N) is 1. The molecule has 0 aliphatic heterocycles. The fourth-order valence-electron chi connectivity index (χ4n) is 1.47. The number of carboxylic acid groups (broad SMARTS) is 1. The van der Waals surface area contributed by atoms with Gasteiger partial charge in [0.25, 0.3) is 5.69 Å². The summed E-state index contributed by atoms with van der Waals surface area (Å²) in [6, 6.07) is 6.12. The lowest BCUT2D eigenvalue weighted by Gasteiger charge is -2.19. The van der Waals surface area contributed by atoms with E-state index in [0.29, 0.717) is 5.56 Å². The van der Waals surface area contributed by atoms with Crippen molar-refractivity contribution < 1.29 is 14.8 Å². The lowest BCUT2D eigenvalue weighted by molar-refractivity contribution is -0.385. The van der Waals surface area contributed by atoms with Crippen LogP contribution >= 0.6 is 0 Å². The summed E-state index contributed by atoms with van der Waals surface area (Å²) in [4.78, 5) is 21.4. The summed E-state index contributed by atoms with van der Waals surface area (Å²) in [6.07, 6.45) is 1.34. The molecule has 5 nitrogen and oxygen atoms in total. The molecule has 1 aromatic rings. The maximum Gasteiger partial charge on any atom is 0.313 e. The van der Waals surface area contributed by atoms with Gasteiger partial charge in [0.15, 0.2) is 0 Å². The molecule has 1 aromatic carbocycles. The Hall–Kier alpha value is -2.17. The number of nitro groups is 1. The van der Waals surface area contributed by atoms with Gasteiger partial charge in [0.2, 0.25) is 0 Å². The van der Waals surface area contributed by atoms with Gasteiger partial charge in [-0.05, 0) is 13.3 Å². The molecule has 0 spiro atoms. The SMILES string of the molecule is C=CC(C)(Cc1ccccc1[N+](=O)[O-])C(=O)O. The van der Waals surface area contributed by atoms with Crippen LogP contribution in [0, 0.1) is 15.5 Å². The third-order valence-electron chi connectivity index (χ3n) is 2.69. The standard InChI is InChI=1S/C12H13NO4/c1-3-12(2,11(14)15)8-9-6-4-5-7-10(9)13(16)17/h3-7H,1,8H2,2H3,(H,14,15). The highest BCUT2D eigenvalue weighted by molar-refractivity contribution is 5.77. The average Bonchev–Trinajstić information content (AvgIpc) is 2.29. The van der Waals surface area contributed by atoms with Crippen LogP contribution in [0.3, 0.4) is 0 Å². The van der Waals surface area contributed by atoms with Crippen molar-refractivity contribution in [2.75, 3.05) is 0 Å². The number of benzene rings is 1. The van der Waals surface area contributed by atoms with Crippen molar-refractivity contribution in [2.45, 2.75) is 13.3 Å². The van der Waals surface area contributed by atoms with Crippen LogP contribution in [-0.4, -0.2) is 16.0 Å². The van der Waals surface area contributed by atoms with E-state index in [0.717, 1.165) is 0 Å². The van der Waals surface area contributed by atoms with Gasteiger partial charge in [-0.25, -0.2) is 0 Å². The topological polar surface area (TPSA) is 80.4 Å². The summed E-state index contributed by atoms with van der Waals surface area (Å²) in [5.41, 5.74) is -0.879. The van der Waals surface area contributed by atoms with Crippen LogP contribution in [0.4, 0.5) is 5.69 Å². The van der Waals surface area contributed by atoms with Gasteiger partial charge < -0.3 is 5.11 Å². The Kier molecular flexibility index (Phi) is 3.62. The van der Waals surface area contributed by atoms with Crippen LogP contribution in [0.2, 0.25) is 0 Å². The van der Waals surface area contributed by atoms with E-state index >= 15 is 0 Å². The molecule has 0 saturated carbocycles. The van der Waals surface area contributed by atoms with Crippen LogP contribution in [0.1, 0.15) is 12.5 Å². The zero-order chi connectivity index (χ0) is 13.1. The molecule has 1 atom stereocenters. The Labute approximate surface area is 98.5 Å². The lowest BCUT2D eigenvalue weighted by atomic mass is 9.83. The zero-order valence-electron chi connectivity index (χ0n) is 9.42. The average molecular weight is 235 g/mol. The second-order valence-corrected chi connectivity index (χ2v) is 3.99. The number of nitro benzene ring substituents is 1. The van der Waals surface area contributed by atoms with Gasteiger partial charge in [-0.3, -0.25) is 14.9 Å². The van der Waals surface area contributed by atoms with E-state index in [9.17, 15) is 14.9 Å². The Morgan fingerprint density at radius 1 is 1.59 bits per heavy atom. The smallest absolute Gasteiger partial charge is 0.313 e. The van der Waals surface area contributed by atoms with Gasteiger partial charge in [0.05, 0.1) is 10.3 Å². The molecule has 0 aliphatic carbocycles. The predicted octanol–water partition coefficient (Wildman–Crippen LogP) is 2.41. The van der Waals surface area contributed by atoms with Crippen molar-refractivity contribution in [2.24, 2.45) is 5.41 Å². The van der Waals surface area contributed by atoms with E-state index in [4.69, 9.17) is 5.11 Å². The number of rotatable bonds is 5. The normalized spacial score (nSPS) is 13.7. The molecule has 0 amide bonds. The fraction of sp³-hybridized carbons (Fsp3) is 0.250. The molecular formula is C12H13NO4. The van der Waals surface area contributed by atoms with Crippen molar-refractivity contribution in [3.63, 3.8) is 0 Å². The van der Waals surface area contributed by atoms with E-state index in [1.165, 1.54) is 19.1 Å². The quantitative estimate of drug-likeness (QED) is 0.482. The molecule has 0 heterocycles. The summed E-state index contributed by atoms with van der Waals surface area (Å²) in [7, 11) is 0. The van der Waals surface area contributed by atoms with Crippen molar-refractivity contribution >= 4 is 11.7 Å². The largest absolute Gasteiger partial charge is 0.481 e. The highest BCUT2D eigenvalue weighted by atomic mass is 16.6. The number of carboxylic acids is 1. The molecular weight excluding hydrogens is 222 g/mol. The minimum Gasteiger partial charge on any atom is -0.481 e. The molecule has 1 unspecified atom stereocenters. The Balaban J connectivity index is 3.14. The first-order valence-corrected chi connectivity index (χ1v) is 5.00. The molecule has 0 aliphatic rings. The summed E-state index contributed by atoms with van der Waals surface area (Å²) in [5.74, 6) is -1.05. The van der Waals surface area contributed by atoms with Crippen LogP contribution in [0.25, 0.3) is 0 Å². The molecule has 1 N–H and O–H groups in total. The third-order valence-corrected chi connectivity index (χ3v) is 2.69. The molecule has 0 saturated heterocycles. The zero-order valence-corrected chi connectivity index (χ0v) is 9.42. The van der Waals surface area contributed by atoms with Crippen LogP contribution in [0.5, 0.6) is 0 Å². The fourth-order valence-corrected chi connectivity index (χ4v) is 1.47. The summed E-state index contributed by atoms with van der Waals surface area (Å²) in [6.45, 7) is 4.96. The molecule has 0 aromatic heterocycles. The number of aliphatic carboxylic acids is 1. The van der Waals surface area contributed by atoms with E-state index < -0.39 is 16.3 Å². The summed E-state index contributed by atoms with van der Waals surface area (Å²) < 4.78 is 0. The minimum atomic E-state index is -1.20. The molecule has 90 valence electrons. The number of hydrogen-bond acceptors (Lipinski definition) is 3. The van der Waals surface area contributed by atoms with Crippen LogP contribution in [-0.2, 0) is 11.2 Å². The van der Waals surface area contributed by atoms with Crippen LogP contribution in [0.15, 0.2) is 36.9 Å². The number of hydrogen-bond donors (Lipinski definition) is 1. The third kappa shape index (κ3) is 2.69. The molecule has 5 heteroatoms. The van der Waals surface area contributed by atoms with Crippen molar-refractivity contribution in [1.29, 1.82) is 0 Å². The molecule has 0 fully saturated rings. The van der Waals surface area contributed by atoms with Crippen molar-refractivity contribution in [3.8, 4) is 0 Å². The van der Waals surface area contributed by atoms with Gasteiger partial charge in [-0.15, -0.1) is 6.58 Å². The van der Waals surface area contributed by atoms with E-state index in [1.807, 2.05) is 0 Å². The molecule has 0 radical (unpaired) electrons. The first-order chi connectivity index (χ1) is 7.90. The molecule has 1 rings (SSSR count). The van der Waals surface area contributed by atoms with Crippen LogP contribution < -0.4 is 0 Å². The van der Waals surface area contributed by atoms with Crippen molar-refractivity contribution in [1.82, 2.24) is 0 Å². The van der Waals surface area contributed by atoms with Crippen molar-refractivity contribution in [3.05, 3.63) is 52.6 Å². The monoisotopic (exact) mass is 235 g/mol. The Morgan fingerprint density at radius 2 is 2.18 bits per heavy atom. The second kappa shape index (κ2) is 4.78. The molecule has 17 heavy (non-hydrogen) atoms. The maximum absolute atomic E-state index is 11.1. The summed E-state index contributed by atoms with van der Waals surface area (Å²) in [5, 5.41) is 19.9. The van der Waals surface area contributed by atoms with Gasteiger partial charge in [-0.2, -0.15) is 0 Å². The Bertz CT molecular complexity index is 469. The van der Waals surface area contributed by atoms with Gasteiger partial charge in [-0.1, -0.05) is 24.3 Å². The first-order valence-electron chi connectivity index (χ1n) is 5.00. The lowest BCUT2D eigenvalue weighted by Crippen LogP contribution is -2.27. The second-order valence-electron chi connectivity index (χ2n) is 3.99. The van der Waals surface area contributed by atoms with E-state index in [2.05, 4.69) is 6.58 Å². The summed E-state index contributed by atoms with van der Waals surface area (Å²) >= 11 is 0. The van der Waals surface area contributed by atoms with Gasteiger partial charge in [0, 0.05) is 11.6 Å². The minimum absolute atomic E-state index is 0.0446. The highest BCUT2D eigenvalue weighted by Crippen LogP contribution is 2.29. The first kappa shape index (κ1) is 12.9. The maximum atomic E-state index is 11.1. The molecule has 0 bridgehead atoms. The number of carbonyl (C=O) groups is 1. The van der Waals surface area contributed by atoms with E-state index in [-0.39, 0.29) is 12.1 Å². The predicted molar refractivity (Wildman–Crippen MR) is 62.7 cm³/mol. The highest BCUT2D eigenvalue weighted by Gasteiger charge is 2.32. The Morgan fingerprint density at radius 3 is 2.65 bits per heavy atom. The number of para-hydroxylation sites is 1. The van der Waals surface area contributed by atoms with E-state index in [1.54, 1.807) is 18.2 Å². The van der Waals surface area contributed by atoms with Gasteiger partial charge in [0.1, 0.15) is 0 Å². The van der Waals surface area contributed by atoms with Gasteiger partial charge >= 0.3 is 5.97 Å².